The number of aliphatic hydroxyl groups excluding tert-OH is 1. The highest BCUT2D eigenvalue weighted by Crippen LogP contribution is 2.33. The zero-order valence-electron chi connectivity index (χ0n) is 8.25. The molecule has 90 valence electrons. The fourth-order valence-corrected chi connectivity index (χ4v) is 3.12. The molecular formula is C11H6Br2F2OS. The molecule has 1 aromatic heterocycles. The van der Waals surface area contributed by atoms with E-state index >= 15 is 0 Å². The smallest absolute Gasteiger partial charge is 0.137 e. The molecule has 0 spiro atoms. The lowest BCUT2D eigenvalue weighted by Crippen LogP contribution is -2.01. The van der Waals surface area contributed by atoms with Gasteiger partial charge in [0.25, 0.3) is 0 Å². The number of halogens is 4. The van der Waals surface area contributed by atoms with Crippen LogP contribution in [0.15, 0.2) is 32.5 Å². The van der Waals surface area contributed by atoms with Crippen LogP contribution in [-0.2, 0) is 0 Å². The van der Waals surface area contributed by atoms with Crippen LogP contribution in [0.2, 0.25) is 0 Å². The Morgan fingerprint density at radius 2 is 1.82 bits per heavy atom. The minimum absolute atomic E-state index is 0.0401. The molecule has 2 aromatic rings. The Labute approximate surface area is 117 Å². The largest absolute Gasteiger partial charge is 0.383 e. The van der Waals surface area contributed by atoms with Crippen molar-refractivity contribution >= 4 is 43.2 Å². The van der Waals surface area contributed by atoms with E-state index in [-0.39, 0.29) is 10.0 Å². The highest BCUT2D eigenvalue weighted by molar-refractivity contribution is 9.11. The summed E-state index contributed by atoms with van der Waals surface area (Å²) in [6.07, 6.45) is -1.16. The first-order valence-electron chi connectivity index (χ1n) is 4.57. The number of rotatable bonds is 2. The molecule has 6 heteroatoms. The van der Waals surface area contributed by atoms with Gasteiger partial charge in [0.15, 0.2) is 0 Å². The fraction of sp³-hybridized carbons (Fsp3) is 0.0909. The Bertz CT molecular complexity index is 556. The van der Waals surface area contributed by atoms with Crippen molar-refractivity contribution < 1.29 is 13.9 Å². The van der Waals surface area contributed by atoms with Crippen molar-refractivity contribution in [2.45, 2.75) is 6.10 Å². The Morgan fingerprint density at radius 3 is 2.41 bits per heavy atom. The van der Waals surface area contributed by atoms with Gasteiger partial charge in [-0.1, -0.05) is 0 Å². The summed E-state index contributed by atoms with van der Waals surface area (Å²) in [6, 6.07) is 5.42. The quantitative estimate of drug-likeness (QED) is 0.749. The molecule has 2 rings (SSSR count). The molecule has 1 heterocycles. The highest BCUT2D eigenvalue weighted by atomic mass is 79.9. The minimum atomic E-state index is -1.16. The van der Waals surface area contributed by atoms with Crippen LogP contribution in [0.1, 0.15) is 16.5 Å². The molecule has 1 nitrogen and oxygen atoms in total. The van der Waals surface area contributed by atoms with Crippen LogP contribution in [0, 0.1) is 11.6 Å². The fourth-order valence-electron chi connectivity index (χ4n) is 1.38. The molecule has 0 aliphatic rings. The van der Waals surface area contributed by atoms with E-state index in [0.717, 1.165) is 15.9 Å². The number of hydrogen-bond donors (Lipinski definition) is 1. The standard InChI is InChI=1S/C11H6Br2F2OS/c12-6-4-7(14)5(3-8(6)15)11(16)9-1-2-10(13)17-9/h1-4,11,16H. The lowest BCUT2D eigenvalue weighted by molar-refractivity contribution is 0.218. The highest BCUT2D eigenvalue weighted by Gasteiger charge is 2.19. The predicted molar refractivity (Wildman–Crippen MR) is 70.1 cm³/mol. The van der Waals surface area contributed by atoms with Crippen molar-refractivity contribution in [1.82, 2.24) is 0 Å². The van der Waals surface area contributed by atoms with Crippen molar-refractivity contribution in [1.29, 1.82) is 0 Å². The van der Waals surface area contributed by atoms with Crippen molar-refractivity contribution in [2.24, 2.45) is 0 Å². The van der Waals surface area contributed by atoms with Gasteiger partial charge in [-0.05, 0) is 56.1 Å². The zero-order chi connectivity index (χ0) is 12.6. The van der Waals surface area contributed by atoms with E-state index in [4.69, 9.17) is 0 Å². The van der Waals surface area contributed by atoms with Gasteiger partial charge in [0.2, 0.25) is 0 Å². The first-order valence-corrected chi connectivity index (χ1v) is 6.97. The van der Waals surface area contributed by atoms with Gasteiger partial charge in [0, 0.05) is 10.4 Å². The first-order chi connectivity index (χ1) is 7.99. The van der Waals surface area contributed by atoms with E-state index in [1.807, 2.05) is 0 Å². The number of benzene rings is 1. The van der Waals surface area contributed by atoms with Gasteiger partial charge < -0.3 is 5.11 Å². The Morgan fingerprint density at radius 1 is 1.12 bits per heavy atom. The van der Waals surface area contributed by atoms with Crippen LogP contribution < -0.4 is 0 Å². The second-order valence-corrected chi connectivity index (χ2v) is 6.68. The van der Waals surface area contributed by atoms with Gasteiger partial charge in [-0.3, -0.25) is 0 Å². The second kappa shape index (κ2) is 5.14. The van der Waals surface area contributed by atoms with Gasteiger partial charge in [-0.15, -0.1) is 11.3 Å². The summed E-state index contributed by atoms with van der Waals surface area (Å²) in [6.45, 7) is 0. The molecule has 1 aromatic carbocycles. The van der Waals surface area contributed by atoms with E-state index < -0.39 is 17.7 Å². The summed E-state index contributed by atoms with van der Waals surface area (Å²) >= 11 is 7.41. The number of aliphatic hydroxyl groups is 1. The van der Waals surface area contributed by atoms with E-state index in [1.165, 1.54) is 11.3 Å². The molecule has 0 fully saturated rings. The Hall–Kier alpha value is -0.300. The first kappa shape index (κ1) is 13.1. The molecule has 17 heavy (non-hydrogen) atoms. The van der Waals surface area contributed by atoms with Crippen LogP contribution in [-0.4, -0.2) is 5.11 Å². The maximum atomic E-state index is 13.6. The van der Waals surface area contributed by atoms with Crippen LogP contribution in [0.3, 0.4) is 0 Å². The van der Waals surface area contributed by atoms with Crippen molar-refractivity contribution in [3.63, 3.8) is 0 Å². The molecule has 0 aliphatic heterocycles. The summed E-state index contributed by atoms with van der Waals surface area (Å²) in [7, 11) is 0. The molecule has 0 amide bonds. The molecule has 0 radical (unpaired) electrons. The molecule has 0 bridgehead atoms. The molecule has 1 N–H and O–H groups in total. The molecule has 0 saturated heterocycles. The summed E-state index contributed by atoms with van der Waals surface area (Å²) in [5.41, 5.74) is -0.0694. The molecule has 0 aliphatic carbocycles. The van der Waals surface area contributed by atoms with Crippen LogP contribution in [0.4, 0.5) is 8.78 Å². The normalized spacial score (nSPS) is 12.8. The summed E-state index contributed by atoms with van der Waals surface area (Å²) in [4.78, 5) is 0.553. The monoisotopic (exact) mass is 382 g/mol. The predicted octanol–water partition coefficient (Wildman–Crippen LogP) is 4.63. The van der Waals surface area contributed by atoms with Gasteiger partial charge >= 0.3 is 0 Å². The minimum Gasteiger partial charge on any atom is -0.383 e. The average molecular weight is 384 g/mol. The Balaban J connectivity index is 2.43. The summed E-state index contributed by atoms with van der Waals surface area (Å²) in [5.74, 6) is -1.24. The third-order valence-electron chi connectivity index (χ3n) is 2.20. The van der Waals surface area contributed by atoms with Gasteiger partial charge in [-0.25, -0.2) is 8.78 Å². The zero-order valence-corrected chi connectivity index (χ0v) is 12.2. The second-order valence-electron chi connectivity index (χ2n) is 3.33. The number of hydrogen-bond acceptors (Lipinski definition) is 2. The molecule has 0 saturated carbocycles. The van der Waals surface area contributed by atoms with Gasteiger partial charge in [-0.2, -0.15) is 0 Å². The lowest BCUT2D eigenvalue weighted by Gasteiger charge is -2.10. The van der Waals surface area contributed by atoms with Crippen molar-refractivity contribution in [3.05, 3.63) is 54.6 Å². The third-order valence-corrected chi connectivity index (χ3v) is 4.48. The van der Waals surface area contributed by atoms with Gasteiger partial charge in [0.1, 0.15) is 17.7 Å². The molecule has 1 unspecified atom stereocenters. The maximum absolute atomic E-state index is 13.6. The van der Waals surface area contributed by atoms with Crippen molar-refractivity contribution in [3.8, 4) is 0 Å². The molecular weight excluding hydrogens is 378 g/mol. The van der Waals surface area contributed by atoms with Crippen molar-refractivity contribution in [2.75, 3.05) is 0 Å². The van der Waals surface area contributed by atoms with Crippen LogP contribution in [0.5, 0.6) is 0 Å². The topological polar surface area (TPSA) is 20.2 Å². The third kappa shape index (κ3) is 2.76. The van der Waals surface area contributed by atoms with E-state index in [9.17, 15) is 13.9 Å². The van der Waals surface area contributed by atoms with Gasteiger partial charge in [0.05, 0.1) is 8.26 Å². The number of thiophene rings is 1. The summed E-state index contributed by atoms with van der Waals surface area (Å²) in [5, 5.41) is 9.97. The van der Waals surface area contributed by atoms with E-state index in [1.54, 1.807) is 12.1 Å². The maximum Gasteiger partial charge on any atom is 0.137 e. The van der Waals surface area contributed by atoms with E-state index in [2.05, 4.69) is 31.9 Å². The van der Waals surface area contributed by atoms with Crippen LogP contribution in [0.25, 0.3) is 0 Å². The SMILES string of the molecule is OC(c1ccc(Br)s1)c1cc(F)c(Br)cc1F. The Kier molecular flexibility index (Phi) is 3.97. The van der Waals surface area contributed by atoms with E-state index in [0.29, 0.717) is 4.88 Å². The molecule has 1 atom stereocenters. The summed E-state index contributed by atoms with van der Waals surface area (Å²) < 4.78 is 27.8. The lowest BCUT2D eigenvalue weighted by atomic mass is 10.1. The van der Waals surface area contributed by atoms with Crippen LogP contribution >= 0.6 is 43.2 Å². The average Bonchev–Trinajstić information content (AvgIpc) is 2.69.